The second-order valence-corrected chi connectivity index (χ2v) is 4.53. The molecule has 0 aliphatic rings. The third-order valence-electron chi connectivity index (χ3n) is 2.91. The highest BCUT2D eigenvalue weighted by Crippen LogP contribution is 2.10. The molecule has 0 spiro atoms. The average molecular weight is 246 g/mol. The predicted molar refractivity (Wildman–Crippen MR) is 66.7 cm³/mol. The predicted octanol–water partition coefficient (Wildman–Crippen LogP) is 1.41. The first-order valence-corrected chi connectivity index (χ1v) is 6.63. The van der Waals surface area contributed by atoms with Gasteiger partial charge in [-0.25, -0.2) is 0 Å². The lowest BCUT2D eigenvalue weighted by Gasteiger charge is -2.13. The van der Waals surface area contributed by atoms with Crippen molar-refractivity contribution in [3.8, 4) is 0 Å². The molecule has 0 aromatic rings. The van der Waals surface area contributed by atoms with Crippen molar-refractivity contribution in [2.75, 3.05) is 6.61 Å². The Bertz CT molecular complexity index is 194. The van der Waals surface area contributed by atoms with Crippen molar-refractivity contribution < 1.29 is 20.1 Å². The van der Waals surface area contributed by atoms with Crippen LogP contribution in [0.3, 0.4) is 0 Å². The number of aliphatic hydroxyl groups is 3. The Labute approximate surface area is 104 Å². The number of rotatable bonds is 11. The molecule has 0 saturated carbocycles. The van der Waals surface area contributed by atoms with Crippen LogP contribution in [0.2, 0.25) is 0 Å². The molecule has 0 amide bonds. The molecule has 0 saturated heterocycles. The van der Waals surface area contributed by atoms with Gasteiger partial charge in [0.15, 0.2) is 5.78 Å². The number of ketones is 1. The van der Waals surface area contributed by atoms with Crippen LogP contribution < -0.4 is 0 Å². The maximum Gasteiger partial charge on any atom is 0.164 e. The van der Waals surface area contributed by atoms with Gasteiger partial charge in [-0.1, -0.05) is 45.4 Å². The number of aliphatic hydroxyl groups excluding tert-OH is 3. The van der Waals surface area contributed by atoms with Gasteiger partial charge in [0.2, 0.25) is 0 Å². The van der Waals surface area contributed by atoms with E-state index in [-0.39, 0.29) is 12.2 Å². The maximum atomic E-state index is 11.4. The van der Waals surface area contributed by atoms with E-state index in [0.717, 1.165) is 19.3 Å². The number of hydrogen-bond acceptors (Lipinski definition) is 4. The highest BCUT2D eigenvalue weighted by Gasteiger charge is 2.22. The van der Waals surface area contributed by atoms with Gasteiger partial charge in [0.25, 0.3) is 0 Å². The lowest BCUT2D eigenvalue weighted by Crippen LogP contribution is -2.36. The molecule has 1 unspecified atom stereocenters. The molecule has 4 nitrogen and oxygen atoms in total. The van der Waals surface area contributed by atoms with Crippen molar-refractivity contribution in [1.82, 2.24) is 0 Å². The first-order chi connectivity index (χ1) is 8.13. The van der Waals surface area contributed by atoms with Crippen LogP contribution >= 0.6 is 0 Å². The number of carbonyl (C=O) groups is 1. The zero-order valence-corrected chi connectivity index (χ0v) is 10.8. The summed E-state index contributed by atoms with van der Waals surface area (Å²) in [5.74, 6) is -0.375. The summed E-state index contributed by atoms with van der Waals surface area (Å²) >= 11 is 0. The largest absolute Gasteiger partial charge is 0.394 e. The van der Waals surface area contributed by atoms with E-state index in [1.807, 2.05) is 0 Å². The molecule has 3 N–H and O–H groups in total. The minimum atomic E-state index is -1.43. The van der Waals surface area contributed by atoms with Crippen molar-refractivity contribution in [3.05, 3.63) is 0 Å². The molecule has 0 heterocycles. The van der Waals surface area contributed by atoms with Crippen LogP contribution in [0.5, 0.6) is 0 Å². The van der Waals surface area contributed by atoms with Gasteiger partial charge in [-0.05, 0) is 6.42 Å². The van der Waals surface area contributed by atoms with Crippen molar-refractivity contribution >= 4 is 5.78 Å². The minimum Gasteiger partial charge on any atom is -0.394 e. The van der Waals surface area contributed by atoms with Crippen LogP contribution in [0.1, 0.15) is 58.3 Å². The normalized spacial score (nSPS) is 14.6. The molecule has 2 atom stereocenters. The third kappa shape index (κ3) is 8.30. The van der Waals surface area contributed by atoms with Crippen molar-refractivity contribution in [2.45, 2.75) is 70.5 Å². The topological polar surface area (TPSA) is 77.8 Å². The summed E-state index contributed by atoms with van der Waals surface area (Å²) in [6, 6.07) is 0. The standard InChI is InChI=1S/C13H26O4/c1-2-3-4-5-6-7-8-9-11(15)13(17)12(16)10-14/h12-14,16-17H,2-10H2,1H3/t12-,13?/m0/s1. The Balaban J connectivity index is 3.45. The lowest BCUT2D eigenvalue weighted by molar-refractivity contribution is -0.134. The van der Waals surface area contributed by atoms with Crippen molar-refractivity contribution in [1.29, 1.82) is 0 Å². The summed E-state index contributed by atoms with van der Waals surface area (Å²) in [7, 11) is 0. The second kappa shape index (κ2) is 10.7. The molecule has 0 aliphatic heterocycles. The Morgan fingerprint density at radius 3 is 2.06 bits per heavy atom. The fourth-order valence-electron chi connectivity index (χ4n) is 1.72. The molecule has 102 valence electrons. The second-order valence-electron chi connectivity index (χ2n) is 4.53. The number of Topliss-reactive ketones (excluding diaryl/α,β-unsaturated/α-hetero) is 1. The van der Waals surface area contributed by atoms with E-state index < -0.39 is 18.8 Å². The van der Waals surface area contributed by atoms with Crippen LogP contribution in [-0.2, 0) is 4.79 Å². The fourth-order valence-corrected chi connectivity index (χ4v) is 1.72. The smallest absolute Gasteiger partial charge is 0.164 e. The molecule has 0 aromatic heterocycles. The molecular weight excluding hydrogens is 220 g/mol. The first kappa shape index (κ1) is 16.6. The van der Waals surface area contributed by atoms with Gasteiger partial charge in [0.05, 0.1) is 6.61 Å². The molecule has 0 radical (unpaired) electrons. The third-order valence-corrected chi connectivity index (χ3v) is 2.91. The van der Waals surface area contributed by atoms with Crippen LogP contribution in [0.25, 0.3) is 0 Å². The molecule has 0 rings (SSSR count). The summed E-state index contributed by atoms with van der Waals surface area (Å²) in [6.07, 6.45) is 5.30. The Morgan fingerprint density at radius 1 is 1.00 bits per heavy atom. The molecule has 17 heavy (non-hydrogen) atoms. The summed E-state index contributed by atoms with van der Waals surface area (Å²) in [5.41, 5.74) is 0. The van der Waals surface area contributed by atoms with E-state index >= 15 is 0 Å². The quantitative estimate of drug-likeness (QED) is 0.482. The van der Waals surface area contributed by atoms with Gasteiger partial charge < -0.3 is 15.3 Å². The van der Waals surface area contributed by atoms with E-state index in [9.17, 15) is 9.90 Å². The SMILES string of the molecule is CCCCCCCCCC(=O)C(O)[C@@H](O)CO. The Hall–Kier alpha value is -0.450. The van der Waals surface area contributed by atoms with Crippen LogP contribution in [0.4, 0.5) is 0 Å². The number of hydrogen-bond donors (Lipinski definition) is 3. The molecule has 0 fully saturated rings. The molecule has 0 aromatic carbocycles. The zero-order valence-electron chi connectivity index (χ0n) is 10.8. The monoisotopic (exact) mass is 246 g/mol. The van der Waals surface area contributed by atoms with Crippen LogP contribution in [0.15, 0.2) is 0 Å². The van der Waals surface area contributed by atoms with Crippen LogP contribution in [0, 0.1) is 0 Å². The van der Waals surface area contributed by atoms with E-state index in [1.54, 1.807) is 0 Å². The van der Waals surface area contributed by atoms with E-state index in [1.165, 1.54) is 25.7 Å². The van der Waals surface area contributed by atoms with E-state index in [2.05, 4.69) is 6.92 Å². The van der Waals surface area contributed by atoms with Crippen molar-refractivity contribution in [2.24, 2.45) is 0 Å². The highest BCUT2D eigenvalue weighted by molar-refractivity contribution is 5.83. The first-order valence-electron chi connectivity index (χ1n) is 6.63. The zero-order chi connectivity index (χ0) is 13.1. The van der Waals surface area contributed by atoms with Gasteiger partial charge in [-0.2, -0.15) is 0 Å². The molecular formula is C13H26O4. The van der Waals surface area contributed by atoms with E-state index in [4.69, 9.17) is 10.2 Å². The van der Waals surface area contributed by atoms with Gasteiger partial charge in [0, 0.05) is 6.42 Å². The van der Waals surface area contributed by atoms with Gasteiger partial charge in [0.1, 0.15) is 12.2 Å². The Kier molecular flexibility index (Phi) is 10.4. The number of unbranched alkanes of at least 4 members (excludes halogenated alkanes) is 6. The highest BCUT2D eigenvalue weighted by atomic mass is 16.4. The number of carbonyl (C=O) groups excluding carboxylic acids is 1. The van der Waals surface area contributed by atoms with Gasteiger partial charge in [-0.15, -0.1) is 0 Å². The molecule has 0 bridgehead atoms. The maximum absolute atomic E-state index is 11.4. The van der Waals surface area contributed by atoms with Crippen molar-refractivity contribution in [3.63, 3.8) is 0 Å². The average Bonchev–Trinajstić information content (AvgIpc) is 2.35. The molecule has 4 heteroatoms. The summed E-state index contributed by atoms with van der Waals surface area (Å²) in [5, 5.41) is 27.0. The minimum absolute atomic E-state index is 0.284. The lowest BCUT2D eigenvalue weighted by atomic mass is 10.0. The fraction of sp³-hybridized carbons (Fsp3) is 0.923. The van der Waals surface area contributed by atoms with E-state index in [0.29, 0.717) is 0 Å². The van der Waals surface area contributed by atoms with Crippen LogP contribution in [-0.4, -0.2) is 39.9 Å². The van der Waals surface area contributed by atoms with Gasteiger partial charge >= 0.3 is 0 Å². The summed E-state index contributed by atoms with van der Waals surface area (Å²) < 4.78 is 0. The van der Waals surface area contributed by atoms with Gasteiger partial charge in [-0.3, -0.25) is 4.79 Å². The summed E-state index contributed by atoms with van der Waals surface area (Å²) in [4.78, 5) is 11.4. The Morgan fingerprint density at radius 2 is 1.53 bits per heavy atom. The summed E-state index contributed by atoms with van der Waals surface area (Å²) in [6.45, 7) is 1.59. The molecule has 0 aliphatic carbocycles.